The van der Waals surface area contributed by atoms with Gasteiger partial charge in [0.1, 0.15) is 23.9 Å². The van der Waals surface area contributed by atoms with Gasteiger partial charge in [0.25, 0.3) is 11.8 Å². The second-order valence-corrected chi connectivity index (χ2v) is 13.9. The number of carbonyl (C=O) groups excluding carboxylic acids is 2. The van der Waals surface area contributed by atoms with E-state index in [2.05, 4.69) is 25.6 Å². The minimum atomic E-state index is -4.61. The summed E-state index contributed by atoms with van der Waals surface area (Å²) in [6, 6.07) is 27.6. The highest BCUT2D eigenvalue weighted by molar-refractivity contribution is 5.99. The number of carbonyl (C=O) groups is 2. The molecule has 298 valence electrons. The number of benzene rings is 4. The van der Waals surface area contributed by atoms with Crippen LogP contribution in [0.25, 0.3) is 11.3 Å². The third-order valence-corrected chi connectivity index (χ3v) is 10.1. The molecule has 1 aliphatic heterocycles. The van der Waals surface area contributed by atoms with Gasteiger partial charge in [-0.1, -0.05) is 59.8 Å². The summed E-state index contributed by atoms with van der Waals surface area (Å²) in [5, 5.41) is 11.9. The predicted octanol–water partition coefficient (Wildman–Crippen LogP) is 7.87. The maximum atomic E-state index is 13.7. The maximum absolute atomic E-state index is 13.7. The number of hydrogen-bond donors (Lipinski definition) is 1. The lowest BCUT2D eigenvalue weighted by Gasteiger charge is -2.32. The molecule has 12 nitrogen and oxygen atoms in total. The summed E-state index contributed by atoms with van der Waals surface area (Å²) in [6.45, 7) is 2.72. The number of rotatable bonds is 12. The van der Waals surface area contributed by atoms with Gasteiger partial charge in [-0.25, -0.2) is 9.67 Å². The van der Waals surface area contributed by atoms with Crippen LogP contribution in [0.3, 0.4) is 0 Å². The Bertz CT molecular complexity index is 2380. The largest absolute Gasteiger partial charge is 0.490 e. The molecule has 2 amide bonds. The quantitative estimate of drug-likeness (QED) is 0.132. The monoisotopic (exact) mass is 790 g/mol. The highest BCUT2D eigenvalue weighted by Gasteiger charge is 2.34. The molecule has 15 heteroatoms. The average Bonchev–Trinajstić information content (AvgIpc) is 3.75. The van der Waals surface area contributed by atoms with Crippen LogP contribution < -0.4 is 19.7 Å². The molecule has 0 saturated carbocycles. The van der Waals surface area contributed by atoms with E-state index in [1.165, 1.54) is 31.4 Å². The molecule has 0 bridgehead atoms. The number of hydrogen-bond acceptors (Lipinski definition) is 9. The summed E-state index contributed by atoms with van der Waals surface area (Å²) in [4.78, 5) is 39.5. The summed E-state index contributed by atoms with van der Waals surface area (Å²) in [7, 11) is 3.44. The Hall–Kier alpha value is -6.77. The number of anilines is 2. The molecule has 0 radical (unpaired) electrons. The van der Waals surface area contributed by atoms with Crippen molar-refractivity contribution >= 4 is 23.3 Å². The minimum Gasteiger partial charge on any atom is -0.490 e. The second kappa shape index (κ2) is 17.2. The predicted molar refractivity (Wildman–Crippen MR) is 211 cm³/mol. The van der Waals surface area contributed by atoms with Gasteiger partial charge in [0.2, 0.25) is 0 Å². The van der Waals surface area contributed by atoms with E-state index in [0.29, 0.717) is 42.9 Å². The van der Waals surface area contributed by atoms with Crippen molar-refractivity contribution in [2.24, 2.45) is 0 Å². The van der Waals surface area contributed by atoms with Crippen molar-refractivity contribution in [2.75, 3.05) is 38.8 Å². The van der Waals surface area contributed by atoms with E-state index in [9.17, 15) is 22.8 Å². The van der Waals surface area contributed by atoms with Crippen LogP contribution in [0.5, 0.6) is 11.8 Å². The van der Waals surface area contributed by atoms with E-state index >= 15 is 0 Å². The van der Waals surface area contributed by atoms with Crippen LogP contribution in [0.2, 0.25) is 0 Å². The van der Waals surface area contributed by atoms with Gasteiger partial charge in [-0.15, -0.1) is 5.10 Å². The number of likely N-dealkylation sites (tertiary alicyclic amines) is 1. The fourth-order valence-corrected chi connectivity index (χ4v) is 6.88. The number of nitrogens with zero attached hydrogens (tertiary/aromatic N) is 7. The summed E-state index contributed by atoms with van der Waals surface area (Å²) >= 11 is 0. The molecule has 1 unspecified atom stereocenters. The Kier molecular flexibility index (Phi) is 11.7. The molecule has 3 heterocycles. The maximum Gasteiger partial charge on any atom is 0.419 e. The number of methoxy groups -OCH3 is 1. The number of amides is 2. The molecule has 6 aromatic rings. The Morgan fingerprint density at radius 3 is 2.43 bits per heavy atom. The third kappa shape index (κ3) is 8.93. The van der Waals surface area contributed by atoms with Gasteiger partial charge in [0.15, 0.2) is 0 Å². The molecule has 1 aliphatic rings. The fraction of sp³-hybridized carbons (Fsp3) is 0.256. The van der Waals surface area contributed by atoms with Crippen LogP contribution in [-0.2, 0) is 6.18 Å². The van der Waals surface area contributed by atoms with Crippen LogP contribution in [0.4, 0.5) is 24.7 Å². The molecule has 1 saturated heterocycles. The lowest BCUT2D eigenvalue weighted by molar-refractivity contribution is -0.139. The van der Waals surface area contributed by atoms with Gasteiger partial charge in [0.05, 0.1) is 31.0 Å². The normalized spacial score (nSPS) is 13.8. The molecule has 4 aromatic carbocycles. The zero-order valence-electron chi connectivity index (χ0n) is 32.1. The Morgan fingerprint density at radius 2 is 1.67 bits per heavy atom. The number of aromatic nitrogens is 5. The number of aryl methyl sites for hydroxylation is 1. The van der Waals surface area contributed by atoms with Crippen molar-refractivity contribution in [1.29, 1.82) is 0 Å². The Labute approximate surface area is 333 Å². The van der Waals surface area contributed by atoms with E-state index in [-0.39, 0.29) is 35.9 Å². The van der Waals surface area contributed by atoms with E-state index in [1.54, 1.807) is 65.7 Å². The topological polar surface area (TPSA) is 128 Å². The van der Waals surface area contributed by atoms with Crippen molar-refractivity contribution in [3.8, 4) is 23.0 Å². The van der Waals surface area contributed by atoms with Crippen molar-refractivity contribution in [3.63, 3.8) is 0 Å². The van der Waals surface area contributed by atoms with Crippen LogP contribution in [0, 0.1) is 6.92 Å². The average molecular weight is 791 g/mol. The van der Waals surface area contributed by atoms with Crippen LogP contribution >= 0.6 is 0 Å². The standard InChI is InChI=1S/C43H41F3N8O4/c1-28-16-17-33(52(2)39-18-21-47-42(49-39)57-3)25-34(28)36-26-54(51-50-36)32-19-22-53(23-20-32)41(56)31-13-9-12-30(24-31)40(55)48-37(29-10-5-4-6-11-29)27-58-38-15-8-7-14-35(38)43(44,45)46/h4-18,21,24-26,32,37H,19-20,22-23,27H2,1-3H3,(H,48,55). The first-order valence-corrected chi connectivity index (χ1v) is 18.7. The number of piperidine rings is 1. The third-order valence-electron chi connectivity index (χ3n) is 10.1. The van der Waals surface area contributed by atoms with Crippen molar-refractivity contribution in [2.45, 2.75) is 38.0 Å². The summed E-state index contributed by atoms with van der Waals surface area (Å²) in [6.07, 6.45) is 0.285. The molecule has 0 aliphatic carbocycles. The Balaban J connectivity index is 0.987. The fourth-order valence-electron chi connectivity index (χ4n) is 6.88. The number of para-hydroxylation sites is 1. The molecule has 2 aromatic heterocycles. The van der Waals surface area contributed by atoms with E-state index < -0.39 is 23.7 Å². The number of alkyl halides is 3. The zero-order chi connectivity index (χ0) is 40.8. The van der Waals surface area contributed by atoms with E-state index in [4.69, 9.17) is 9.47 Å². The highest BCUT2D eigenvalue weighted by atomic mass is 19.4. The van der Waals surface area contributed by atoms with E-state index in [0.717, 1.165) is 28.6 Å². The molecule has 1 fully saturated rings. The van der Waals surface area contributed by atoms with Gasteiger partial charge in [-0.3, -0.25) is 9.59 Å². The molecular weight excluding hydrogens is 750 g/mol. The van der Waals surface area contributed by atoms with Gasteiger partial charge >= 0.3 is 12.2 Å². The second-order valence-electron chi connectivity index (χ2n) is 13.9. The van der Waals surface area contributed by atoms with Gasteiger partial charge in [-0.05, 0) is 79.4 Å². The number of halogens is 3. The van der Waals surface area contributed by atoms with Gasteiger partial charge < -0.3 is 24.6 Å². The summed E-state index contributed by atoms with van der Waals surface area (Å²) in [5.74, 6) is -0.372. The summed E-state index contributed by atoms with van der Waals surface area (Å²) < 4.78 is 53.6. The van der Waals surface area contributed by atoms with Crippen LogP contribution in [0.1, 0.15) is 62.3 Å². The minimum absolute atomic E-state index is 0.0299. The van der Waals surface area contributed by atoms with Crippen LogP contribution in [0.15, 0.2) is 116 Å². The molecule has 1 atom stereocenters. The highest BCUT2D eigenvalue weighted by Crippen LogP contribution is 2.36. The number of ether oxygens (including phenoxy) is 2. The molecule has 0 spiro atoms. The molecule has 58 heavy (non-hydrogen) atoms. The summed E-state index contributed by atoms with van der Waals surface area (Å²) in [5.41, 5.74) is 3.92. The smallest absolute Gasteiger partial charge is 0.419 e. The molecular formula is C43H41F3N8O4. The van der Waals surface area contributed by atoms with E-state index in [1.807, 2.05) is 47.9 Å². The van der Waals surface area contributed by atoms with Crippen molar-refractivity contribution < 1.29 is 32.2 Å². The van der Waals surface area contributed by atoms with Crippen molar-refractivity contribution in [1.82, 2.24) is 35.2 Å². The zero-order valence-corrected chi connectivity index (χ0v) is 32.1. The van der Waals surface area contributed by atoms with Crippen molar-refractivity contribution in [3.05, 3.63) is 143 Å². The van der Waals surface area contributed by atoms with Gasteiger partial charge in [-0.2, -0.15) is 18.2 Å². The first kappa shape index (κ1) is 39.5. The lowest BCUT2D eigenvalue weighted by atomic mass is 10.0. The Morgan fingerprint density at radius 1 is 0.931 bits per heavy atom. The van der Waals surface area contributed by atoms with Crippen LogP contribution in [-0.4, -0.2) is 75.5 Å². The first-order valence-electron chi connectivity index (χ1n) is 18.7. The molecule has 7 rings (SSSR count). The first-order chi connectivity index (χ1) is 28.0. The lowest BCUT2D eigenvalue weighted by Crippen LogP contribution is -2.39. The number of nitrogens with one attached hydrogen (secondary N) is 1. The SMILES string of the molecule is COc1nccc(N(C)c2ccc(C)c(-c3cn(C4CCN(C(=O)c5cccc(C(=O)NC(COc6ccccc6C(F)(F)F)c6ccccc6)c5)CC4)nn3)c2)n1. The molecule has 1 N–H and O–H groups in total. The van der Waals surface area contributed by atoms with Gasteiger partial charge in [0, 0.05) is 48.7 Å².